The fraction of sp³-hybridized carbons (Fsp3) is 0.867. The summed E-state index contributed by atoms with van der Waals surface area (Å²) < 4.78 is 11.2. The van der Waals surface area contributed by atoms with Crippen LogP contribution < -0.4 is 5.32 Å². The third-order valence-electron chi connectivity index (χ3n) is 3.80. The molecule has 0 radical (unpaired) electrons. The molecule has 1 saturated carbocycles. The second kappa shape index (κ2) is 7.18. The van der Waals surface area contributed by atoms with Crippen molar-refractivity contribution in [3.05, 3.63) is 11.7 Å². The van der Waals surface area contributed by atoms with Crippen LogP contribution in [-0.4, -0.2) is 29.3 Å². The van der Waals surface area contributed by atoms with E-state index in [1.807, 2.05) is 6.92 Å². The lowest BCUT2D eigenvalue weighted by Crippen LogP contribution is -2.35. The van der Waals surface area contributed by atoms with Crippen LogP contribution in [-0.2, 0) is 11.2 Å². The number of nitrogens with one attached hydrogen (secondary N) is 1. The van der Waals surface area contributed by atoms with Crippen LogP contribution in [0.3, 0.4) is 0 Å². The highest BCUT2D eigenvalue weighted by molar-refractivity contribution is 4.99. The third-order valence-corrected chi connectivity index (χ3v) is 3.80. The van der Waals surface area contributed by atoms with Gasteiger partial charge in [-0.05, 0) is 38.1 Å². The van der Waals surface area contributed by atoms with Crippen LogP contribution in [0.1, 0.15) is 58.4 Å². The summed E-state index contributed by atoms with van der Waals surface area (Å²) in [7, 11) is 0. The molecule has 1 aliphatic carbocycles. The van der Waals surface area contributed by atoms with E-state index in [2.05, 4.69) is 36.2 Å². The van der Waals surface area contributed by atoms with Gasteiger partial charge in [0, 0.05) is 19.1 Å². The largest absolute Gasteiger partial charge is 0.370 e. The van der Waals surface area contributed by atoms with Gasteiger partial charge in [0.05, 0.1) is 0 Å². The number of ether oxygens (including phenoxy) is 1. The summed E-state index contributed by atoms with van der Waals surface area (Å²) in [5, 5.41) is 7.60. The van der Waals surface area contributed by atoms with Gasteiger partial charge in [-0.25, -0.2) is 0 Å². The van der Waals surface area contributed by atoms with E-state index in [1.165, 1.54) is 12.8 Å². The number of hydrogen-bond acceptors (Lipinski definition) is 5. The van der Waals surface area contributed by atoms with Crippen molar-refractivity contribution in [1.82, 2.24) is 15.5 Å². The highest BCUT2D eigenvalue weighted by Gasteiger charge is 2.36. The Kier molecular flexibility index (Phi) is 5.54. The summed E-state index contributed by atoms with van der Waals surface area (Å²) in [6.07, 6.45) is 3.22. The molecule has 2 atom stereocenters. The zero-order valence-electron chi connectivity index (χ0n) is 13.1. The number of hydrogen-bond donors (Lipinski definition) is 1. The van der Waals surface area contributed by atoms with Crippen LogP contribution in [0.5, 0.6) is 0 Å². The lowest BCUT2D eigenvalue weighted by atomic mass is 10.0. The zero-order valence-corrected chi connectivity index (χ0v) is 13.1. The highest BCUT2D eigenvalue weighted by Crippen LogP contribution is 2.42. The van der Waals surface area contributed by atoms with E-state index in [4.69, 9.17) is 9.26 Å². The van der Waals surface area contributed by atoms with Gasteiger partial charge in [-0.15, -0.1) is 0 Å². The Hall–Kier alpha value is -0.940. The first-order valence-corrected chi connectivity index (χ1v) is 7.83. The lowest BCUT2D eigenvalue weighted by Gasteiger charge is -2.19. The molecule has 2 unspecified atom stereocenters. The smallest absolute Gasteiger partial charge is 0.228 e. The Morgan fingerprint density at radius 2 is 2.10 bits per heavy atom. The Bertz CT molecular complexity index is 402. The monoisotopic (exact) mass is 281 g/mol. The van der Waals surface area contributed by atoms with E-state index in [0.717, 1.165) is 18.8 Å². The maximum absolute atomic E-state index is 5.76. The van der Waals surface area contributed by atoms with Crippen molar-refractivity contribution in [2.75, 3.05) is 13.2 Å². The van der Waals surface area contributed by atoms with Crippen LogP contribution in [0.25, 0.3) is 0 Å². The van der Waals surface area contributed by atoms with Crippen molar-refractivity contribution >= 4 is 0 Å². The van der Waals surface area contributed by atoms with Gasteiger partial charge >= 0.3 is 0 Å². The van der Waals surface area contributed by atoms with E-state index in [1.54, 1.807) is 0 Å². The first-order valence-electron chi connectivity index (χ1n) is 7.83. The predicted octanol–water partition coefficient (Wildman–Crippen LogP) is 2.73. The molecule has 1 heterocycles. The maximum atomic E-state index is 5.76. The van der Waals surface area contributed by atoms with Gasteiger partial charge in [-0.3, -0.25) is 0 Å². The molecule has 5 nitrogen and oxygen atoms in total. The maximum Gasteiger partial charge on any atom is 0.228 e. The number of aromatic nitrogens is 2. The van der Waals surface area contributed by atoms with E-state index in [-0.39, 0.29) is 6.10 Å². The molecule has 1 aliphatic rings. The van der Waals surface area contributed by atoms with Crippen LogP contribution in [0.4, 0.5) is 0 Å². The van der Waals surface area contributed by atoms with E-state index >= 15 is 0 Å². The molecule has 20 heavy (non-hydrogen) atoms. The minimum absolute atomic E-state index is 0.0223. The first kappa shape index (κ1) is 15.4. The van der Waals surface area contributed by atoms with E-state index < -0.39 is 0 Å². The Morgan fingerprint density at radius 3 is 2.65 bits per heavy atom. The average molecular weight is 281 g/mol. The van der Waals surface area contributed by atoms with Gasteiger partial charge in [0.15, 0.2) is 0 Å². The molecule has 0 spiro atoms. The molecule has 0 bridgehead atoms. The standard InChI is InChI=1S/C15H27N3O2/c1-5-16-12(10(3)4)9-13-17-15(18-20-13)14(19-6-2)11-7-8-11/h10-12,14,16H,5-9H2,1-4H3. The van der Waals surface area contributed by atoms with Crippen molar-refractivity contribution in [2.45, 2.75) is 59.1 Å². The molecule has 0 aliphatic heterocycles. The Morgan fingerprint density at radius 1 is 1.35 bits per heavy atom. The molecule has 1 aromatic rings. The molecule has 0 aromatic carbocycles. The van der Waals surface area contributed by atoms with Gasteiger partial charge in [0.25, 0.3) is 0 Å². The fourth-order valence-corrected chi connectivity index (χ4v) is 2.46. The minimum Gasteiger partial charge on any atom is -0.370 e. The summed E-state index contributed by atoms with van der Waals surface area (Å²) >= 11 is 0. The molecular formula is C15H27N3O2. The molecule has 1 N–H and O–H groups in total. The van der Waals surface area contributed by atoms with Crippen molar-refractivity contribution in [1.29, 1.82) is 0 Å². The van der Waals surface area contributed by atoms with Gasteiger partial charge in [-0.1, -0.05) is 25.9 Å². The third kappa shape index (κ3) is 4.03. The first-order chi connectivity index (χ1) is 9.65. The molecule has 5 heteroatoms. The average Bonchev–Trinajstić information content (AvgIpc) is 3.15. The second-order valence-corrected chi connectivity index (χ2v) is 5.87. The minimum atomic E-state index is 0.0223. The summed E-state index contributed by atoms with van der Waals surface area (Å²) in [6, 6.07) is 0.375. The molecule has 114 valence electrons. The van der Waals surface area contributed by atoms with Crippen molar-refractivity contribution in [3.8, 4) is 0 Å². The van der Waals surface area contributed by atoms with Gasteiger partial charge in [0.1, 0.15) is 6.10 Å². The normalized spacial score (nSPS) is 18.4. The molecule has 2 rings (SSSR count). The Labute approximate surface area is 121 Å². The van der Waals surface area contributed by atoms with Crippen LogP contribution in [0.15, 0.2) is 4.52 Å². The van der Waals surface area contributed by atoms with E-state index in [9.17, 15) is 0 Å². The summed E-state index contributed by atoms with van der Waals surface area (Å²) in [6.45, 7) is 10.2. The second-order valence-electron chi connectivity index (χ2n) is 5.87. The summed E-state index contributed by atoms with van der Waals surface area (Å²) in [5.41, 5.74) is 0. The zero-order chi connectivity index (χ0) is 14.5. The predicted molar refractivity (Wildman–Crippen MR) is 77.4 cm³/mol. The topological polar surface area (TPSA) is 60.2 Å². The number of likely N-dealkylation sites (N-methyl/N-ethyl adjacent to an activating group) is 1. The lowest BCUT2D eigenvalue weighted by molar-refractivity contribution is 0.0384. The van der Waals surface area contributed by atoms with Crippen LogP contribution in [0, 0.1) is 11.8 Å². The highest BCUT2D eigenvalue weighted by atomic mass is 16.5. The molecule has 0 amide bonds. The van der Waals surface area contributed by atoms with Crippen molar-refractivity contribution < 1.29 is 9.26 Å². The molecule has 0 saturated heterocycles. The van der Waals surface area contributed by atoms with E-state index in [0.29, 0.717) is 30.4 Å². The fourth-order valence-electron chi connectivity index (χ4n) is 2.46. The number of rotatable bonds is 9. The van der Waals surface area contributed by atoms with Gasteiger partial charge in [-0.2, -0.15) is 4.98 Å². The van der Waals surface area contributed by atoms with Crippen LogP contribution >= 0.6 is 0 Å². The van der Waals surface area contributed by atoms with Gasteiger partial charge < -0.3 is 14.6 Å². The molecule has 1 fully saturated rings. The molecular weight excluding hydrogens is 254 g/mol. The summed E-state index contributed by atoms with van der Waals surface area (Å²) in [4.78, 5) is 4.55. The van der Waals surface area contributed by atoms with Gasteiger partial charge in [0.2, 0.25) is 11.7 Å². The molecule has 1 aromatic heterocycles. The van der Waals surface area contributed by atoms with Crippen molar-refractivity contribution in [3.63, 3.8) is 0 Å². The quantitative estimate of drug-likeness (QED) is 0.754. The van der Waals surface area contributed by atoms with Crippen LogP contribution in [0.2, 0.25) is 0 Å². The van der Waals surface area contributed by atoms with Crippen molar-refractivity contribution in [2.24, 2.45) is 11.8 Å². The SMILES string of the molecule is CCNC(Cc1nc(C(OCC)C2CC2)no1)C(C)C. The number of nitrogens with zero attached hydrogens (tertiary/aromatic N) is 2. The summed E-state index contributed by atoms with van der Waals surface area (Å²) in [5.74, 6) is 2.56. The Balaban J connectivity index is 1.99.